The molecule has 0 atom stereocenters. The second-order valence-electron chi connectivity index (χ2n) is 4.85. The number of ether oxygens (including phenoxy) is 1. The van der Waals surface area contributed by atoms with Gasteiger partial charge in [0.2, 0.25) is 11.8 Å². The highest BCUT2D eigenvalue weighted by atomic mass is 16.5. The minimum absolute atomic E-state index is 0.00947. The Bertz CT molecular complexity index is 497. The Balaban J connectivity index is 2.07. The molecule has 2 amide bonds. The topological polar surface area (TPSA) is 67.4 Å². The monoisotopic (exact) mass is 262 g/mol. The lowest BCUT2D eigenvalue weighted by molar-refractivity contribution is -0.124. The molecule has 5 nitrogen and oxygen atoms in total. The summed E-state index contributed by atoms with van der Waals surface area (Å²) in [5.41, 5.74) is 1.59. The van der Waals surface area contributed by atoms with E-state index in [0.29, 0.717) is 31.0 Å². The van der Waals surface area contributed by atoms with Crippen molar-refractivity contribution in [1.82, 2.24) is 5.32 Å². The molecule has 0 saturated heterocycles. The van der Waals surface area contributed by atoms with Crippen molar-refractivity contribution in [3.05, 3.63) is 23.8 Å². The predicted octanol–water partition coefficient (Wildman–Crippen LogP) is 1.68. The minimum atomic E-state index is -0.0536. The molecule has 0 bridgehead atoms. The molecule has 1 aliphatic rings. The molecule has 0 saturated carbocycles. The van der Waals surface area contributed by atoms with Crippen LogP contribution >= 0.6 is 0 Å². The van der Waals surface area contributed by atoms with Crippen molar-refractivity contribution < 1.29 is 14.3 Å². The molecule has 0 aromatic heterocycles. The van der Waals surface area contributed by atoms with Gasteiger partial charge in [-0.3, -0.25) is 9.59 Å². The fraction of sp³-hybridized carbons (Fsp3) is 0.429. The second-order valence-corrected chi connectivity index (χ2v) is 4.85. The van der Waals surface area contributed by atoms with Crippen LogP contribution < -0.4 is 15.4 Å². The highest BCUT2D eigenvalue weighted by molar-refractivity contribution is 5.93. The van der Waals surface area contributed by atoms with E-state index in [1.54, 1.807) is 0 Å². The summed E-state index contributed by atoms with van der Waals surface area (Å²) >= 11 is 0. The van der Waals surface area contributed by atoms with Gasteiger partial charge in [-0.15, -0.1) is 0 Å². The van der Waals surface area contributed by atoms with Crippen LogP contribution in [0.3, 0.4) is 0 Å². The van der Waals surface area contributed by atoms with E-state index in [-0.39, 0.29) is 17.7 Å². The molecule has 1 heterocycles. The molecule has 1 aromatic carbocycles. The largest absolute Gasteiger partial charge is 0.491 e. The lowest BCUT2D eigenvalue weighted by Crippen LogP contribution is -2.27. The van der Waals surface area contributed by atoms with Gasteiger partial charge in [0.15, 0.2) is 0 Å². The summed E-state index contributed by atoms with van der Waals surface area (Å²) in [5, 5.41) is 5.64. The minimum Gasteiger partial charge on any atom is -0.491 e. The molecule has 0 fully saturated rings. The summed E-state index contributed by atoms with van der Waals surface area (Å²) in [7, 11) is 0. The maximum Gasteiger partial charge on any atom is 0.227 e. The van der Waals surface area contributed by atoms with Crippen LogP contribution in [0.2, 0.25) is 0 Å². The molecule has 1 aliphatic heterocycles. The smallest absolute Gasteiger partial charge is 0.227 e. The number of nitrogens with one attached hydrogen (secondary N) is 2. The van der Waals surface area contributed by atoms with E-state index in [9.17, 15) is 9.59 Å². The first-order valence-corrected chi connectivity index (χ1v) is 6.39. The molecule has 1 aromatic rings. The molecule has 19 heavy (non-hydrogen) atoms. The van der Waals surface area contributed by atoms with Crippen LogP contribution in [0, 0.1) is 5.92 Å². The van der Waals surface area contributed by atoms with Crippen LogP contribution in [0.5, 0.6) is 5.75 Å². The van der Waals surface area contributed by atoms with Gasteiger partial charge in [-0.2, -0.15) is 0 Å². The number of hydrogen-bond acceptors (Lipinski definition) is 3. The number of carbonyl (C=O) groups excluding carboxylic acids is 2. The Kier molecular flexibility index (Phi) is 4.04. The maximum absolute atomic E-state index is 11.5. The first kappa shape index (κ1) is 13.4. The van der Waals surface area contributed by atoms with Crippen LogP contribution in [-0.4, -0.2) is 18.4 Å². The van der Waals surface area contributed by atoms with Crippen LogP contribution in [0.4, 0.5) is 5.69 Å². The Hall–Kier alpha value is -2.04. The number of anilines is 1. The van der Waals surface area contributed by atoms with E-state index in [1.165, 1.54) is 0 Å². The van der Waals surface area contributed by atoms with E-state index in [2.05, 4.69) is 10.6 Å². The normalized spacial score (nSPS) is 14.2. The molecular weight excluding hydrogens is 244 g/mol. The molecule has 5 heteroatoms. The first-order chi connectivity index (χ1) is 9.06. The Labute approximate surface area is 112 Å². The van der Waals surface area contributed by atoms with E-state index < -0.39 is 0 Å². The summed E-state index contributed by atoms with van der Waals surface area (Å²) in [5.74, 6) is 0.589. The molecule has 0 spiro atoms. The Morgan fingerprint density at radius 1 is 1.47 bits per heavy atom. The van der Waals surface area contributed by atoms with Crippen LogP contribution in [0.1, 0.15) is 25.8 Å². The third-order valence-corrected chi connectivity index (χ3v) is 2.90. The highest BCUT2D eigenvalue weighted by Crippen LogP contribution is 2.28. The van der Waals surface area contributed by atoms with E-state index in [0.717, 1.165) is 5.56 Å². The third kappa shape index (κ3) is 3.47. The predicted molar refractivity (Wildman–Crippen MR) is 71.9 cm³/mol. The van der Waals surface area contributed by atoms with Crippen molar-refractivity contribution in [2.75, 3.05) is 11.9 Å². The lowest BCUT2D eigenvalue weighted by Gasteiger charge is -2.11. The van der Waals surface area contributed by atoms with Gasteiger partial charge in [-0.05, 0) is 17.7 Å². The van der Waals surface area contributed by atoms with Gasteiger partial charge in [0.05, 0.1) is 18.7 Å². The summed E-state index contributed by atoms with van der Waals surface area (Å²) < 4.78 is 5.47. The van der Waals surface area contributed by atoms with Gasteiger partial charge >= 0.3 is 0 Å². The molecule has 102 valence electrons. The zero-order valence-corrected chi connectivity index (χ0v) is 11.2. The van der Waals surface area contributed by atoms with E-state index in [4.69, 9.17) is 4.74 Å². The quantitative estimate of drug-likeness (QED) is 0.871. The van der Waals surface area contributed by atoms with Crippen molar-refractivity contribution in [1.29, 1.82) is 0 Å². The summed E-state index contributed by atoms with van der Waals surface area (Å²) in [6.45, 7) is 4.53. The zero-order valence-electron chi connectivity index (χ0n) is 11.2. The summed E-state index contributed by atoms with van der Waals surface area (Å²) in [4.78, 5) is 23.0. The van der Waals surface area contributed by atoms with Crippen molar-refractivity contribution in [2.45, 2.75) is 26.8 Å². The van der Waals surface area contributed by atoms with Gasteiger partial charge in [-0.25, -0.2) is 0 Å². The van der Waals surface area contributed by atoms with Gasteiger partial charge < -0.3 is 15.4 Å². The van der Waals surface area contributed by atoms with Crippen LogP contribution in [0.15, 0.2) is 18.2 Å². The summed E-state index contributed by atoms with van der Waals surface area (Å²) in [6, 6.07) is 5.54. The van der Waals surface area contributed by atoms with E-state index >= 15 is 0 Å². The molecule has 2 N–H and O–H groups in total. The first-order valence-electron chi connectivity index (χ1n) is 6.39. The van der Waals surface area contributed by atoms with Gasteiger partial charge in [0, 0.05) is 12.5 Å². The molecule has 0 aliphatic carbocycles. The van der Waals surface area contributed by atoms with Gasteiger partial charge in [-0.1, -0.05) is 19.9 Å². The molecular formula is C14H18N2O3. The zero-order chi connectivity index (χ0) is 13.8. The van der Waals surface area contributed by atoms with Crippen LogP contribution in [-0.2, 0) is 16.1 Å². The number of amides is 2. The van der Waals surface area contributed by atoms with Crippen molar-refractivity contribution in [3.63, 3.8) is 0 Å². The number of carbonyl (C=O) groups is 2. The third-order valence-electron chi connectivity index (χ3n) is 2.90. The Morgan fingerprint density at radius 2 is 2.26 bits per heavy atom. The number of fused-ring (bicyclic) bond motifs is 1. The van der Waals surface area contributed by atoms with Gasteiger partial charge in [0.1, 0.15) is 5.75 Å². The average Bonchev–Trinajstić information content (AvgIpc) is 2.55. The standard InChI is InChI=1S/C14H18N2O3/c1-9(2)14(18)15-8-10-3-4-12-11(7-10)16-13(17)5-6-19-12/h3-4,7,9H,5-6,8H2,1-2H3,(H,15,18)(H,16,17). The number of rotatable bonds is 3. The lowest BCUT2D eigenvalue weighted by atomic mass is 10.1. The highest BCUT2D eigenvalue weighted by Gasteiger charge is 2.14. The van der Waals surface area contributed by atoms with E-state index in [1.807, 2.05) is 32.0 Å². The number of benzene rings is 1. The molecule has 2 rings (SSSR count). The number of hydrogen-bond donors (Lipinski definition) is 2. The van der Waals surface area contributed by atoms with Gasteiger partial charge in [0.25, 0.3) is 0 Å². The van der Waals surface area contributed by atoms with Crippen molar-refractivity contribution in [2.24, 2.45) is 5.92 Å². The Morgan fingerprint density at radius 3 is 3.00 bits per heavy atom. The SMILES string of the molecule is CC(C)C(=O)NCc1ccc2c(c1)NC(=O)CCO2. The fourth-order valence-electron chi connectivity index (χ4n) is 1.77. The van der Waals surface area contributed by atoms with Crippen LogP contribution in [0.25, 0.3) is 0 Å². The summed E-state index contributed by atoms with van der Waals surface area (Å²) in [6.07, 6.45) is 0.355. The fourth-order valence-corrected chi connectivity index (χ4v) is 1.77. The average molecular weight is 262 g/mol. The maximum atomic E-state index is 11.5. The molecule has 0 unspecified atom stereocenters. The van der Waals surface area contributed by atoms with Crippen molar-refractivity contribution >= 4 is 17.5 Å². The second kappa shape index (κ2) is 5.73. The molecule has 0 radical (unpaired) electrons. The van der Waals surface area contributed by atoms with Crippen molar-refractivity contribution in [3.8, 4) is 5.75 Å².